The van der Waals surface area contributed by atoms with E-state index in [4.69, 9.17) is 9.47 Å². The van der Waals surface area contributed by atoms with E-state index in [1.807, 2.05) is 53.4 Å². The monoisotopic (exact) mass is 436 g/mol. The molecule has 0 aromatic heterocycles. The molecule has 1 atom stereocenters. The minimum absolute atomic E-state index is 0.0107. The molecule has 6 nitrogen and oxygen atoms in total. The van der Waals surface area contributed by atoms with Gasteiger partial charge in [0.05, 0.1) is 20.8 Å². The minimum atomic E-state index is -0.657. The molecule has 1 heterocycles. The fourth-order valence-electron chi connectivity index (χ4n) is 4.93. The van der Waals surface area contributed by atoms with Crippen LogP contribution in [0.3, 0.4) is 0 Å². The average molecular weight is 437 g/mol. The van der Waals surface area contributed by atoms with Crippen LogP contribution >= 0.6 is 0 Å². The van der Waals surface area contributed by atoms with Gasteiger partial charge >= 0.3 is 0 Å². The van der Waals surface area contributed by atoms with Gasteiger partial charge in [-0.3, -0.25) is 9.59 Å². The quantitative estimate of drug-likeness (QED) is 0.632. The molecule has 4 rings (SSSR count). The van der Waals surface area contributed by atoms with Crippen LogP contribution in [0.2, 0.25) is 0 Å². The highest BCUT2D eigenvalue weighted by molar-refractivity contribution is 5.95. The second kappa shape index (κ2) is 10.1. The SMILES string of the molecule is COc1ccc([C@H]2C(=O)N(C3CCCCCC3)CC(=O)N2Cc2ccccc2OC)cc1. The summed E-state index contributed by atoms with van der Waals surface area (Å²) in [4.78, 5) is 30.9. The first-order valence-corrected chi connectivity index (χ1v) is 11.5. The molecule has 2 aliphatic rings. The molecule has 32 heavy (non-hydrogen) atoms. The summed E-state index contributed by atoms with van der Waals surface area (Å²) in [7, 11) is 3.24. The van der Waals surface area contributed by atoms with Crippen LogP contribution in [0.1, 0.15) is 55.7 Å². The van der Waals surface area contributed by atoms with Crippen molar-refractivity contribution in [2.45, 2.75) is 57.2 Å². The maximum absolute atomic E-state index is 13.9. The van der Waals surface area contributed by atoms with Crippen molar-refractivity contribution in [3.05, 3.63) is 59.7 Å². The van der Waals surface area contributed by atoms with E-state index in [0.29, 0.717) is 12.3 Å². The van der Waals surface area contributed by atoms with E-state index >= 15 is 0 Å². The Morgan fingerprint density at radius 2 is 1.56 bits per heavy atom. The number of piperazine rings is 1. The number of carbonyl (C=O) groups is 2. The highest BCUT2D eigenvalue weighted by Gasteiger charge is 2.43. The molecule has 6 heteroatoms. The Morgan fingerprint density at radius 3 is 2.22 bits per heavy atom. The van der Waals surface area contributed by atoms with Crippen molar-refractivity contribution in [3.8, 4) is 11.5 Å². The number of benzene rings is 2. The van der Waals surface area contributed by atoms with E-state index in [2.05, 4.69) is 0 Å². The van der Waals surface area contributed by atoms with Crippen LogP contribution in [-0.2, 0) is 16.1 Å². The summed E-state index contributed by atoms with van der Waals surface area (Å²) < 4.78 is 10.8. The van der Waals surface area contributed by atoms with Crippen LogP contribution < -0.4 is 9.47 Å². The van der Waals surface area contributed by atoms with Crippen molar-refractivity contribution in [2.24, 2.45) is 0 Å². The van der Waals surface area contributed by atoms with Gasteiger partial charge in [0.25, 0.3) is 5.91 Å². The van der Waals surface area contributed by atoms with Gasteiger partial charge in [0.15, 0.2) is 0 Å². The lowest BCUT2D eigenvalue weighted by Crippen LogP contribution is -2.57. The first-order valence-electron chi connectivity index (χ1n) is 11.5. The normalized spacial score (nSPS) is 20.2. The molecule has 0 radical (unpaired) electrons. The molecular formula is C26H32N2O4. The number of hydrogen-bond acceptors (Lipinski definition) is 4. The van der Waals surface area contributed by atoms with E-state index in [1.165, 1.54) is 12.8 Å². The zero-order valence-electron chi connectivity index (χ0n) is 19.0. The number of hydrogen-bond donors (Lipinski definition) is 0. The summed E-state index contributed by atoms with van der Waals surface area (Å²) in [5.74, 6) is 1.42. The van der Waals surface area contributed by atoms with Crippen LogP contribution in [0, 0.1) is 0 Å². The van der Waals surface area contributed by atoms with E-state index in [9.17, 15) is 9.59 Å². The number of carbonyl (C=O) groups excluding carboxylic acids is 2. The molecule has 1 aliphatic heterocycles. The first kappa shape index (κ1) is 22.2. The maximum Gasteiger partial charge on any atom is 0.250 e. The van der Waals surface area contributed by atoms with Crippen LogP contribution in [0.5, 0.6) is 11.5 Å². The molecule has 1 saturated heterocycles. The second-order valence-corrected chi connectivity index (χ2v) is 8.62. The van der Waals surface area contributed by atoms with E-state index in [0.717, 1.165) is 42.6 Å². The van der Waals surface area contributed by atoms with Crippen molar-refractivity contribution in [2.75, 3.05) is 20.8 Å². The van der Waals surface area contributed by atoms with Crippen LogP contribution in [0.25, 0.3) is 0 Å². The molecule has 2 amide bonds. The topological polar surface area (TPSA) is 59.1 Å². The number of para-hydroxylation sites is 1. The number of rotatable bonds is 6. The fourth-order valence-corrected chi connectivity index (χ4v) is 4.93. The Labute approximate surface area is 190 Å². The summed E-state index contributed by atoms with van der Waals surface area (Å²) in [5, 5.41) is 0. The van der Waals surface area contributed by atoms with Gasteiger partial charge in [-0.2, -0.15) is 0 Å². The zero-order valence-corrected chi connectivity index (χ0v) is 19.0. The first-order chi connectivity index (χ1) is 15.6. The van der Waals surface area contributed by atoms with Crippen molar-refractivity contribution < 1.29 is 19.1 Å². The lowest BCUT2D eigenvalue weighted by Gasteiger charge is -2.43. The molecular weight excluding hydrogens is 404 g/mol. The molecule has 0 bridgehead atoms. The number of amides is 2. The van der Waals surface area contributed by atoms with E-state index < -0.39 is 6.04 Å². The van der Waals surface area contributed by atoms with Crippen molar-refractivity contribution in [1.82, 2.24) is 9.80 Å². The molecule has 0 unspecified atom stereocenters. The van der Waals surface area contributed by atoms with Crippen LogP contribution in [-0.4, -0.2) is 48.4 Å². The maximum atomic E-state index is 13.9. The molecule has 1 aliphatic carbocycles. The molecule has 0 spiro atoms. The predicted octanol–water partition coefficient (Wildman–Crippen LogP) is 4.34. The lowest BCUT2D eigenvalue weighted by atomic mass is 9.96. The van der Waals surface area contributed by atoms with Gasteiger partial charge in [-0.25, -0.2) is 0 Å². The summed E-state index contributed by atoms with van der Waals surface area (Å²) in [5.41, 5.74) is 1.69. The van der Waals surface area contributed by atoms with E-state index in [1.54, 1.807) is 19.1 Å². The van der Waals surface area contributed by atoms with Crippen molar-refractivity contribution in [1.29, 1.82) is 0 Å². The van der Waals surface area contributed by atoms with Gasteiger partial charge in [-0.15, -0.1) is 0 Å². The molecule has 1 saturated carbocycles. The van der Waals surface area contributed by atoms with Gasteiger partial charge in [0.1, 0.15) is 24.1 Å². The summed E-state index contributed by atoms with van der Waals surface area (Å²) in [6.45, 7) is 0.467. The average Bonchev–Trinajstić information content (AvgIpc) is 3.11. The lowest BCUT2D eigenvalue weighted by molar-refractivity contribution is -0.159. The number of methoxy groups -OCH3 is 2. The predicted molar refractivity (Wildman–Crippen MR) is 122 cm³/mol. The molecule has 2 fully saturated rings. The Kier molecular flexibility index (Phi) is 6.98. The van der Waals surface area contributed by atoms with Gasteiger partial charge in [-0.1, -0.05) is 56.0 Å². The Hall–Kier alpha value is -3.02. The third-order valence-corrected chi connectivity index (χ3v) is 6.68. The molecule has 2 aromatic carbocycles. The molecule has 170 valence electrons. The van der Waals surface area contributed by atoms with Gasteiger partial charge in [-0.05, 0) is 36.6 Å². The number of ether oxygens (including phenoxy) is 2. The third-order valence-electron chi connectivity index (χ3n) is 6.68. The summed E-state index contributed by atoms with van der Waals surface area (Å²) in [6, 6.07) is 14.6. The van der Waals surface area contributed by atoms with Crippen molar-refractivity contribution in [3.63, 3.8) is 0 Å². The summed E-state index contributed by atoms with van der Waals surface area (Å²) >= 11 is 0. The standard InChI is InChI=1S/C26H32N2O4/c1-31-22-15-13-19(14-16-22)25-26(30)27(21-10-5-3-4-6-11-21)18-24(29)28(25)17-20-9-7-8-12-23(20)32-2/h7-9,12-16,21,25H,3-6,10-11,17-18H2,1-2H3/t25-/m0/s1. The smallest absolute Gasteiger partial charge is 0.250 e. The Bertz CT molecular complexity index is 935. The highest BCUT2D eigenvalue weighted by Crippen LogP contribution is 2.34. The molecule has 0 N–H and O–H groups in total. The van der Waals surface area contributed by atoms with Gasteiger partial charge in [0, 0.05) is 11.6 Å². The third kappa shape index (κ3) is 4.59. The van der Waals surface area contributed by atoms with Crippen molar-refractivity contribution >= 4 is 11.8 Å². The Morgan fingerprint density at radius 1 is 0.875 bits per heavy atom. The largest absolute Gasteiger partial charge is 0.497 e. The van der Waals surface area contributed by atoms with Gasteiger partial charge in [0.2, 0.25) is 5.91 Å². The Balaban J connectivity index is 1.69. The highest BCUT2D eigenvalue weighted by atomic mass is 16.5. The van der Waals surface area contributed by atoms with Crippen LogP contribution in [0.4, 0.5) is 0 Å². The molecule has 2 aromatic rings. The van der Waals surface area contributed by atoms with Gasteiger partial charge < -0.3 is 19.3 Å². The van der Waals surface area contributed by atoms with Crippen LogP contribution in [0.15, 0.2) is 48.5 Å². The minimum Gasteiger partial charge on any atom is -0.497 e. The second-order valence-electron chi connectivity index (χ2n) is 8.62. The zero-order chi connectivity index (χ0) is 22.5. The van der Waals surface area contributed by atoms with E-state index in [-0.39, 0.29) is 24.4 Å². The number of nitrogens with zero attached hydrogens (tertiary/aromatic N) is 2. The summed E-state index contributed by atoms with van der Waals surface area (Å²) in [6.07, 6.45) is 6.58. The fraction of sp³-hybridized carbons (Fsp3) is 0.462.